The number of amidine groups is 1. The standard InChI is InChI=1S/C24H30N6O7S/c1-2-37-24(33)20(28-38(35,36)19-6-4-3-5-7-19)14-26-21(31)15-29-12-13-30(22(32)16-29)18-10-8-17(9-11-18)23(25)27-34/h3-11,20,28,34H,2,12-16H2,1H3,(H2,25,27)(H,26,31)/t20-/m0/s1. The van der Waals surface area contributed by atoms with E-state index >= 15 is 0 Å². The number of benzene rings is 2. The van der Waals surface area contributed by atoms with Crippen LogP contribution in [0.1, 0.15) is 12.5 Å². The van der Waals surface area contributed by atoms with E-state index in [9.17, 15) is 22.8 Å². The quantitative estimate of drug-likeness (QED) is 0.0945. The number of hydrogen-bond acceptors (Lipinski definition) is 9. The van der Waals surface area contributed by atoms with Gasteiger partial charge in [0.2, 0.25) is 21.8 Å². The molecule has 13 nitrogen and oxygen atoms in total. The highest BCUT2D eigenvalue weighted by atomic mass is 32.2. The maximum Gasteiger partial charge on any atom is 0.326 e. The lowest BCUT2D eigenvalue weighted by Gasteiger charge is -2.34. The number of sulfonamides is 1. The third kappa shape index (κ3) is 7.50. The second-order valence-electron chi connectivity index (χ2n) is 8.33. The second-order valence-corrected chi connectivity index (χ2v) is 10.0. The molecule has 0 bridgehead atoms. The number of carbonyl (C=O) groups excluding carboxylic acids is 3. The van der Waals surface area contributed by atoms with Crippen LogP contribution in [0.3, 0.4) is 0 Å². The van der Waals surface area contributed by atoms with Crippen molar-refractivity contribution in [2.24, 2.45) is 10.9 Å². The van der Waals surface area contributed by atoms with Gasteiger partial charge in [-0.15, -0.1) is 0 Å². The highest BCUT2D eigenvalue weighted by molar-refractivity contribution is 7.89. The van der Waals surface area contributed by atoms with Crippen molar-refractivity contribution >= 4 is 39.3 Å². The molecule has 1 saturated heterocycles. The fourth-order valence-electron chi connectivity index (χ4n) is 3.75. The fourth-order valence-corrected chi connectivity index (χ4v) is 4.95. The number of ether oxygens (including phenoxy) is 1. The third-order valence-electron chi connectivity index (χ3n) is 5.67. The Labute approximate surface area is 220 Å². The molecule has 3 rings (SSSR count). The summed E-state index contributed by atoms with van der Waals surface area (Å²) in [6, 6.07) is 12.8. The maximum absolute atomic E-state index is 12.7. The van der Waals surface area contributed by atoms with Crippen molar-refractivity contribution in [3.8, 4) is 0 Å². The summed E-state index contributed by atoms with van der Waals surface area (Å²) in [7, 11) is -4.04. The average Bonchev–Trinajstić information content (AvgIpc) is 2.91. The molecule has 2 amide bonds. The molecule has 1 aliphatic heterocycles. The molecule has 1 fully saturated rings. The van der Waals surface area contributed by atoms with Crippen LogP contribution in [0, 0.1) is 0 Å². The van der Waals surface area contributed by atoms with E-state index in [4.69, 9.17) is 15.7 Å². The van der Waals surface area contributed by atoms with Gasteiger partial charge in [-0.2, -0.15) is 4.72 Å². The van der Waals surface area contributed by atoms with Gasteiger partial charge in [0.25, 0.3) is 0 Å². The minimum atomic E-state index is -4.04. The zero-order valence-electron chi connectivity index (χ0n) is 20.7. The van der Waals surface area contributed by atoms with E-state index < -0.39 is 27.9 Å². The van der Waals surface area contributed by atoms with Gasteiger partial charge in [0, 0.05) is 30.9 Å². The summed E-state index contributed by atoms with van der Waals surface area (Å²) < 4.78 is 32.6. The van der Waals surface area contributed by atoms with Gasteiger partial charge < -0.3 is 25.9 Å². The van der Waals surface area contributed by atoms with E-state index in [1.165, 1.54) is 12.1 Å². The monoisotopic (exact) mass is 546 g/mol. The zero-order chi connectivity index (χ0) is 27.7. The molecule has 2 aromatic rings. The van der Waals surface area contributed by atoms with Crippen molar-refractivity contribution in [2.45, 2.75) is 17.9 Å². The molecule has 1 heterocycles. The third-order valence-corrected chi connectivity index (χ3v) is 7.16. The van der Waals surface area contributed by atoms with Gasteiger partial charge in [0.1, 0.15) is 6.04 Å². The van der Waals surface area contributed by atoms with Crippen molar-refractivity contribution in [1.29, 1.82) is 0 Å². The molecule has 0 unspecified atom stereocenters. The van der Waals surface area contributed by atoms with E-state index in [0.29, 0.717) is 24.3 Å². The van der Waals surface area contributed by atoms with Crippen LogP contribution < -0.4 is 20.7 Å². The van der Waals surface area contributed by atoms with Crippen LogP contribution >= 0.6 is 0 Å². The molecule has 14 heteroatoms. The van der Waals surface area contributed by atoms with Crippen molar-refractivity contribution in [3.05, 3.63) is 60.2 Å². The summed E-state index contributed by atoms with van der Waals surface area (Å²) in [5.41, 5.74) is 6.70. The van der Waals surface area contributed by atoms with Gasteiger partial charge in [-0.25, -0.2) is 8.42 Å². The Morgan fingerprint density at radius 1 is 1.13 bits per heavy atom. The first kappa shape index (κ1) is 28.6. The molecule has 0 radical (unpaired) electrons. The average molecular weight is 547 g/mol. The van der Waals surface area contributed by atoms with E-state index in [2.05, 4.69) is 15.2 Å². The molecular weight excluding hydrogens is 516 g/mol. The molecule has 0 saturated carbocycles. The first-order valence-electron chi connectivity index (χ1n) is 11.8. The number of oxime groups is 1. The number of amides is 2. The van der Waals surface area contributed by atoms with Gasteiger partial charge in [0.15, 0.2) is 5.84 Å². The summed E-state index contributed by atoms with van der Waals surface area (Å²) in [6.45, 7) is 1.89. The number of rotatable bonds is 11. The van der Waals surface area contributed by atoms with Crippen LogP contribution in [-0.4, -0.2) is 87.5 Å². The van der Waals surface area contributed by atoms with Crippen LogP contribution in [0.2, 0.25) is 0 Å². The minimum Gasteiger partial charge on any atom is -0.465 e. The van der Waals surface area contributed by atoms with Crippen molar-refractivity contribution in [2.75, 3.05) is 44.2 Å². The second kappa shape index (κ2) is 13.0. The summed E-state index contributed by atoms with van der Waals surface area (Å²) >= 11 is 0. The highest BCUT2D eigenvalue weighted by Gasteiger charge is 2.29. The molecular formula is C24H30N6O7S. The van der Waals surface area contributed by atoms with Crippen LogP contribution in [0.15, 0.2) is 64.6 Å². The number of carbonyl (C=O) groups is 3. The van der Waals surface area contributed by atoms with Gasteiger partial charge >= 0.3 is 5.97 Å². The molecule has 0 aromatic heterocycles. The fraction of sp³-hybridized carbons (Fsp3) is 0.333. The molecule has 0 aliphatic carbocycles. The number of anilines is 1. The molecule has 38 heavy (non-hydrogen) atoms. The minimum absolute atomic E-state index is 0.0165. The largest absolute Gasteiger partial charge is 0.465 e. The van der Waals surface area contributed by atoms with Crippen LogP contribution in [0.25, 0.3) is 0 Å². The Balaban J connectivity index is 1.55. The first-order chi connectivity index (χ1) is 18.1. The molecule has 5 N–H and O–H groups in total. The van der Waals surface area contributed by atoms with E-state index in [0.717, 1.165) is 0 Å². The number of nitrogens with two attached hydrogens (primary N) is 1. The number of esters is 1. The predicted octanol–water partition coefficient (Wildman–Crippen LogP) is -0.544. The van der Waals surface area contributed by atoms with Gasteiger partial charge in [-0.1, -0.05) is 23.4 Å². The normalized spacial score (nSPS) is 15.7. The Morgan fingerprint density at radius 2 is 1.82 bits per heavy atom. The maximum atomic E-state index is 12.7. The van der Waals surface area contributed by atoms with Crippen molar-refractivity contribution in [3.63, 3.8) is 0 Å². The molecule has 2 aromatic carbocycles. The lowest BCUT2D eigenvalue weighted by atomic mass is 10.1. The predicted molar refractivity (Wildman–Crippen MR) is 138 cm³/mol. The van der Waals surface area contributed by atoms with Crippen LogP contribution in [0.5, 0.6) is 0 Å². The Bertz CT molecular complexity index is 1270. The Kier molecular flexibility index (Phi) is 9.76. The lowest BCUT2D eigenvalue weighted by Crippen LogP contribution is -2.54. The summed E-state index contributed by atoms with van der Waals surface area (Å²) in [6.07, 6.45) is 0. The van der Waals surface area contributed by atoms with Crippen molar-refractivity contribution < 1.29 is 32.7 Å². The summed E-state index contributed by atoms with van der Waals surface area (Å²) in [5.74, 6) is -1.57. The van der Waals surface area contributed by atoms with E-state index in [1.807, 2.05) is 0 Å². The highest BCUT2D eigenvalue weighted by Crippen LogP contribution is 2.18. The number of nitrogens with one attached hydrogen (secondary N) is 2. The topological polar surface area (TPSA) is 184 Å². The summed E-state index contributed by atoms with van der Waals surface area (Å²) in [4.78, 5) is 40.8. The summed E-state index contributed by atoms with van der Waals surface area (Å²) in [5, 5.41) is 14.3. The van der Waals surface area contributed by atoms with Crippen LogP contribution in [-0.2, 0) is 29.1 Å². The number of hydrogen-bond donors (Lipinski definition) is 4. The molecule has 1 aliphatic rings. The smallest absolute Gasteiger partial charge is 0.326 e. The van der Waals surface area contributed by atoms with Gasteiger partial charge in [-0.05, 0) is 43.3 Å². The SMILES string of the molecule is CCOC(=O)[C@H](CNC(=O)CN1CCN(c2ccc(C(N)=NO)cc2)C(=O)C1)NS(=O)(=O)c1ccccc1. The first-order valence-corrected chi connectivity index (χ1v) is 13.2. The zero-order valence-corrected chi connectivity index (χ0v) is 21.6. The Hall–Kier alpha value is -4.01. The van der Waals surface area contributed by atoms with E-state index in [1.54, 1.807) is 59.2 Å². The molecule has 0 spiro atoms. The number of piperazine rings is 1. The molecule has 204 valence electrons. The van der Waals surface area contributed by atoms with Gasteiger partial charge in [-0.3, -0.25) is 19.3 Å². The number of nitrogens with zero attached hydrogens (tertiary/aromatic N) is 3. The molecule has 1 atom stereocenters. The van der Waals surface area contributed by atoms with E-state index in [-0.39, 0.29) is 42.9 Å². The van der Waals surface area contributed by atoms with Gasteiger partial charge in [0.05, 0.1) is 24.6 Å². The van der Waals surface area contributed by atoms with Crippen LogP contribution in [0.4, 0.5) is 5.69 Å². The lowest BCUT2D eigenvalue weighted by molar-refractivity contribution is -0.145. The van der Waals surface area contributed by atoms with Crippen molar-refractivity contribution in [1.82, 2.24) is 14.9 Å². The Morgan fingerprint density at radius 3 is 2.42 bits per heavy atom.